The number of hydrogen-bond donors (Lipinski definition) is 2. The topological polar surface area (TPSA) is 70.4 Å². The summed E-state index contributed by atoms with van der Waals surface area (Å²) < 4.78 is 0. The molecule has 0 aromatic carbocycles. The first-order valence-corrected chi connectivity index (χ1v) is 3.98. The van der Waals surface area contributed by atoms with Crippen LogP contribution in [-0.2, 0) is 0 Å². The third kappa shape index (κ3) is 2.88. The minimum atomic E-state index is -1.02. The minimum Gasteiger partial charge on any atom is -0.478 e. The molecule has 0 fully saturated rings. The second-order valence-electron chi connectivity index (χ2n) is 2.68. The van der Waals surface area contributed by atoms with E-state index < -0.39 is 12.1 Å². The Balaban J connectivity index is 2.85. The molecule has 72 valence electrons. The van der Waals surface area contributed by atoms with Crippen molar-refractivity contribution in [3.63, 3.8) is 0 Å². The summed E-state index contributed by atoms with van der Waals surface area (Å²) in [7, 11) is 0. The van der Waals surface area contributed by atoms with Crippen LogP contribution in [0.15, 0.2) is 18.3 Å². The highest BCUT2D eigenvalue weighted by Crippen LogP contribution is 1.98. The molecule has 0 aliphatic carbocycles. The summed E-state index contributed by atoms with van der Waals surface area (Å²) >= 11 is 0. The predicted octanol–water partition coefficient (Wildman–Crippen LogP) is 0.512. The molecule has 0 aliphatic rings. The number of aromatic carboxylic acids is 1. The van der Waals surface area contributed by atoms with Crippen molar-refractivity contribution in [1.29, 1.82) is 0 Å². The van der Waals surface area contributed by atoms with Gasteiger partial charge in [0, 0.05) is 6.20 Å². The molecule has 0 spiro atoms. The summed E-state index contributed by atoms with van der Waals surface area (Å²) in [5, 5.41) is 17.4. The maximum Gasteiger partial charge on any atom is 0.337 e. The van der Waals surface area contributed by atoms with E-state index in [9.17, 15) is 4.79 Å². The van der Waals surface area contributed by atoms with Crippen LogP contribution >= 0.6 is 0 Å². The highest BCUT2D eigenvalue weighted by molar-refractivity contribution is 5.87. The SMILES string of the molecule is C[C@@H](O)C#Cc1ccc(C(=O)O)cn1. The van der Waals surface area contributed by atoms with Crippen LogP contribution in [0.3, 0.4) is 0 Å². The Labute approximate surface area is 81.2 Å². The van der Waals surface area contributed by atoms with Gasteiger partial charge in [0.1, 0.15) is 11.8 Å². The third-order valence-corrected chi connectivity index (χ3v) is 1.42. The summed E-state index contributed by atoms with van der Waals surface area (Å²) in [6.45, 7) is 1.54. The highest BCUT2D eigenvalue weighted by Gasteiger charge is 2.01. The standard InChI is InChI=1S/C10H9NO3/c1-7(12)2-4-9-5-3-8(6-11-9)10(13)14/h3,5-7,12H,1H3,(H,13,14)/t7-/m1/s1. The molecule has 0 bridgehead atoms. The molecule has 0 saturated heterocycles. The summed E-state index contributed by atoms with van der Waals surface area (Å²) in [6.07, 6.45) is 0.518. The van der Waals surface area contributed by atoms with E-state index in [1.165, 1.54) is 18.3 Å². The molecule has 2 N–H and O–H groups in total. The van der Waals surface area contributed by atoms with Crippen LogP contribution in [0, 0.1) is 11.8 Å². The quantitative estimate of drug-likeness (QED) is 0.634. The number of rotatable bonds is 1. The number of carboxylic acids is 1. The maximum atomic E-state index is 10.5. The predicted molar refractivity (Wildman–Crippen MR) is 49.8 cm³/mol. The second-order valence-corrected chi connectivity index (χ2v) is 2.68. The summed E-state index contributed by atoms with van der Waals surface area (Å²) in [5.41, 5.74) is 0.559. The van der Waals surface area contributed by atoms with Crippen LogP contribution < -0.4 is 0 Å². The van der Waals surface area contributed by atoms with Crippen molar-refractivity contribution in [2.24, 2.45) is 0 Å². The van der Waals surface area contributed by atoms with Crippen LogP contribution in [-0.4, -0.2) is 27.3 Å². The van der Waals surface area contributed by atoms with Crippen molar-refractivity contribution in [3.05, 3.63) is 29.6 Å². The Bertz CT molecular complexity index is 384. The van der Waals surface area contributed by atoms with Crippen molar-refractivity contribution in [3.8, 4) is 11.8 Å². The van der Waals surface area contributed by atoms with Gasteiger partial charge in [-0.1, -0.05) is 5.92 Å². The van der Waals surface area contributed by atoms with E-state index in [1.54, 1.807) is 6.92 Å². The van der Waals surface area contributed by atoms with Gasteiger partial charge in [0.2, 0.25) is 0 Å². The molecule has 0 radical (unpaired) electrons. The van der Waals surface area contributed by atoms with Gasteiger partial charge >= 0.3 is 5.97 Å². The fraction of sp³-hybridized carbons (Fsp3) is 0.200. The molecule has 1 aromatic heterocycles. The molecule has 14 heavy (non-hydrogen) atoms. The van der Waals surface area contributed by atoms with Crippen molar-refractivity contribution >= 4 is 5.97 Å². The smallest absolute Gasteiger partial charge is 0.337 e. The van der Waals surface area contributed by atoms with Crippen LogP contribution in [0.5, 0.6) is 0 Å². The van der Waals surface area contributed by atoms with Crippen molar-refractivity contribution in [2.75, 3.05) is 0 Å². The van der Waals surface area contributed by atoms with Crippen molar-refractivity contribution in [2.45, 2.75) is 13.0 Å². The zero-order chi connectivity index (χ0) is 10.6. The van der Waals surface area contributed by atoms with E-state index >= 15 is 0 Å². The van der Waals surface area contributed by atoms with Gasteiger partial charge in [-0.05, 0) is 25.0 Å². The number of hydrogen-bond acceptors (Lipinski definition) is 3. The first-order chi connectivity index (χ1) is 6.59. The van der Waals surface area contributed by atoms with Gasteiger partial charge in [0.15, 0.2) is 0 Å². The molecule has 0 unspecified atom stereocenters. The lowest BCUT2D eigenvalue weighted by atomic mass is 10.2. The Morgan fingerprint density at radius 2 is 2.29 bits per heavy atom. The highest BCUT2D eigenvalue weighted by atomic mass is 16.4. The monoisotopic (exact) mass is 191 g/mol. The van der Waals surface area contributed by atoms with Gasteiger partial charge in [-0.2, -0.15) is 0 Å². The molecular weight excluding hydrogens is 182 g/mol. The zero-order valence-corrected chi connectivity index (χ0v) is 7.56. The average molecular weight is 191 g/mol. The normalized spacial score (nSPS) is 11.3. The number of carbonyl (C=O) groups is 1. The van der Waals surface area contributed by atoms with Crippen molar-refractivity contribution in [1.82, 2.24) is 4.98 Å². The molecule has 1 heterocycles. The fourth-order valence-corrected chi connectivity index (χ4v) is 0.773. The van der Waals surface area contributed by atoms with E-state index in [1.807, 2.05) is 0 Å². The van der Waals surface area contributed by atoms with Gasteiger partial charge < -0.3 is 10.2 Å². The molecule has 1 rings (SSSR count). The Morgan fingerprint density at radius 3 is 2.71 bits per heavy atom. The van der Waals surface area contributed by atoms with E-state index in [2.05, 4.69) is 16.8 Å². The first-order valence-electron chi connectivity index (χ1n) is 3.98. The van der Waals surface area contributed by atoms with Gasteiger partial charge in [-0.3, -0.25) is 0 Å². The molecule has 1 aromatic rings. The Kier molecular flexibility index (Phi) is 3.21. The summed E-state index contributed by atoms with van der Waals surface area (Å²) in [6, 6.07) is 2.92. The number of nitrogens with zero attached hydrogens (tertiary/aromatic N) is 1. The molecule has 0 saturated carbocycles. The lowest BCUT2D eigenvalue weighted by Crippen LogP contribution is -1.98. The Morgan fingerprint density at radius 1 is 1.57 bits per heavy atom. The van der Waals surface area contributed by atoms with E-state index in [0.717, 1.165) is 0 Å². The average Bonchev–Trinajstić information content (AvgIpc) is 2.15. The molecule has 4 nitrogen and oxygen atoms in total. The lowest BCUT2D eigenvalue weighted by molar-refractivity contribution is 0.0696. The van der Waals surface area contributed by atoms with Crippen molar-refractivity contribution < 1.29 is 15.0 Å². The van der Waals surface area contributed by atoms with Gasteiger partial charge in [0.05, 0.1) is 5.56 Å². The van der Waals surface area contributed by atoms with Crippen LogP contribution in [0.2, 0.25) is 0 Å². The summed E-state index contributed by atoms with van der Waals surface area (Å²) in [5.74, 6) is 4.09. The summed E-state index contributed by atoms with van der Waals surface area (Å²) in [4.78, 5) is 14.3. The minimum absolute atomic E-state index is 0.118. The van der Waals surface area contributed by atoms with Crippen LogP contribution in [0.1, 0.15) is 23.0 Å². The number of aromatic nitrogens is 1. The Hall–Kier alpha value is -1.86. The molecule has 1 atom stereocenters. The third-order valence-electron chi connectivity index (χ3n) is 1.42. The molecular formula is C10H9NO3. The lowest BCUT2D eigenvalue weighted by Gasteiger charge is -1.93. The van der Waals surface area contributed by atoms with Gasteiger partial charge in [0.25, 0.3) is 0 Å². The zero-order valence-electron chi connectivity index (χ0n) is 7.56. The first kappa shape index (κ1) is 10.2. The van der Waals surface area contributed by atoms with Gasteiger partial charge in [-0.15, -0.1) is 0 Å². The fourth-order valence-electron chi connectivity index (χ4n) is 0.773. The molecule has 0 aliphatic heterocycles. The number of aliphatic hydroxyl groups is 1. The van der Waals surface area contributed by atoms with Gasteiger partial charge in [-0.25, -0.2) is 9.78 Å². The molecule has 4 heteroatoms. The van der Waals surface area contributed by atoms with E-state index in [4.69, 9.17) is 10.2 Å². The number of carboxylic acid groups (broad SMARTS) is 1. The van der Waals surface area contributed by atoms with E-state index in [0.29, 0.717) is 5.69 Å². The molecule has 0 amide bonds. The van der Waals surface area contributed by atoms with Crippen LogP contribution in [0.4, 0.5) is 0 Å². The largest absolute Gasteiger partial charge is 0.478 e. The number of aliphatic hydroxyl groups excluding tert-OH is 1. The number of pyridine rings is 1. The van der Waals surface area contributed by atoms with E-state index in [-0.39, 0.29) is 5.56 Å². The maximum absolute atomic E-state index is 10.5. The van der Waals surface area contributed by atoms with Crippen LogP contribution in [0.25, 0.3) is 0 Å². The second kappa shape index (κ2) is 4.40.